The van der Waals surface area contributed by atoms with Crippen LogP contribution in [0.25, 0.3) is 0 Å². The number of carbonyl (C=O) groups is 1. The monoisotopic (exact) mass is 355 g/mol. The molecule has 2 aromatic rings. The van der Waals surface area contributed by atoms with Crippen molar-refractivity contribution in [2.75, 3.05) is 45.3 Å². The molecule has 8 nitrogen and oxygen atoms in total. The van der Waals surface area contributed by atoms with Crippen LogP contribution in [-0.2, 0) is 6.54 Å². The summed E-state index contributed by atoms with van der Waals surface area (Å²) in [5.41, 5.74) is 1.43. The third kappa shape index (κ3) is 3.55. The van der Waals surface area contributed by atoms with E-state index in [1.165, 1.54) is 0 Å². The van der Waals surface area contributed by atoms with Gasteiger partial charge in [-0.3, -0.25) is 4.79 Å². The van der Waals surface area contributed by atoms with Gasteiger partial charge < -0.3 is 24.6 Å². The lowest BCUT2D eigenvalue weighted by Crippen LogP contribution is -2.47. The number of benzene rings is 1. The smallest absolute Gasteiger partial charge is 0.274 e. The third-order valence-electron chi connectivity index (χ3n) is 4.58. The normalized spacial score (nSPS) is 16.6. The first-order chi connectivity index (χ1) is 12.7. The fourth-order valence-corrected chi connectivity index (χ4v) is 2.96. The van der Waals surface area contributed by atoms with Crippen LogP contribution >= 0.6 is 0 Å². The van der Waals surface area contributed by atoms with Crippen molar-refractivity contribution < 1.29 is 14.3 Å². The molecule has 1 aromatic heterocycles. The molecule has 2 aliphatic heterocycles. The maximum Gasteiger partial charge on any atom is 0.274 e. The standard InChI is InChI=1S/C18H21N5O3/c1-22-6-8-23(9-7-22)18(24)14-3-5-17(21-20-14)19-11-13-2-4-15-16(10-13)26-12-25-15/h2-5,10H,6-9,11-12H2,1H3,(H,19,21). The Morgan fingerprint density at radius 2 is 1.88 bits per heavy atom. The van der Waals surface area contributed by atoms with Crippen molar-refractivity contribution in [3.8, 4) is 11.5 Å². The van der Waals surface area contributed by atoms with Gasteiger partial charge in [0.25, 0.3) is 5.91 Å². The van der Waals surface area contributed by atoms with E-state index in [4.69, 9.17) is 9.47 Å². The van der Waals surface area contributed by atoms with E-state index in [9.17, 15) is 4.79 Å². The highest BCUT2D eigenvalue weighted by molar-refractivity contribution is 5.92. The number of aromatic nitrogens is 2. The van der Waals surface area contributed by atoms with E-state index in [0.29, 0.717) is 18.1 Å². The molecule has 8 heteroatoms. The van der Waals surface area contributed by atoms with E-state index in [1.54, 1.807) is 12.1 Å². The van der Waals surface area contributed by atoms with Gasteiger partial charge in [-0.2, -0.15) is 0 Å². The van der Waals surface area contributed by atoms with Gasteiger partial charge in [0.05, 0.1) is 0 Å². The van der Waals surface area contributed by atoms with E-state index in [-0.39, 0.29) is 12.7 Å². The van der Waals surface area contributed by atoms with E-state index in [1.807, 2.05) is 23.1 Å². The molecule has 2 aliphatic rings. The molecule has 4 rings (SSSR count). The summed E-state index contributed by atoms with van der Waals surface area (Å²) in [7, 11) is 2.06. The average molecular weight is 355 g/mol. The van der Waals surface area contributed by atoms with Crippen molar-refractivity contribution in [2.24, 2.45) is 0 Å². The van der Waals surface area contributed by atoms with E-state index >= 15 is 0 Å². The molecule has 0 aliphatic carbocycles. The lowest BCUT2D eigenvalue weighted by Gasteiger charge is -2.32. The van der Waals surface area contributed by atoms with Gasteiger partial charge in [0.2, 0.25) is 6.79 Å². The van der Waals surface area contributed by atoms with Crippen LogP contribution in [0.4, 0.5) is 5.82 Å². The first kappa shape index (κ1) is 16.6. The summed E-state index contributed by atoms with van der Waals surface area (Å²) in [6, 6.07) is 9.30. The zero-order valence-corrected chi connectivity index (χ0v) is 14.6. The second-order valence-corrected chi connectivity index (χ2v) is 6.44. The third-order valence-corrected chi connectivity index (χ3v) is 4.58. The molecule has 1 amide bonds. The maximum absolute atomic E-state index is 12.5. The van der Waals surface area contributed by atoms with Crippen molar-refractivity contribution in [1.29, 1.82) is 0 Å². The summed E-state index contributed by atoms with van der Waals surface area (Å²) in [6.07, 6.45) is 0. The molecule has 1 fully saturated rings. The quantitative estimate of drug-likeness (QED) is 0.883. The summed E-state index contributed by atoms with van der Waals surface area (Å²) in [4.78, 5) is 16.5. The van der Waals surface area contributed by atoms with Gasteiger partial charge in [-0.15, -0.1) is 10.2 Å². The molecule has 0 unspecified atom stereocenters. The number of rotatable bonds is 4. The lowest BCUT2D eigenvalue weighted by atomic mass is 10.2. The number of nitrogens with one attached hydrogen (secondary N) is 1. The van der Waals surface area contributed by atoms with Crippen LogP contribution in [0, 0.1) is 0 Å². The summed E-state index contributed by atoms with van der Waals surface area (Å²) in [6.45, 7) is 4.06. The van der Waals surface area contributed by atoms with Gasteiger partial charge in [-0.25, -0.2) is 0 Å². The Labute approximate surface area is 151 Å². The average Bonchev–Trinajstić information content (AvgIpc) is 3.15. The predicted molar refractivity (Wildman–Crippen MR) is 95.3 cm³/mol. The lowest BCUT2D eigenvalue weighted by molar-refractivity contribution is 0.0657. The molecule has 136 valence electrons. The molecule has 0 saturated carbocycles. The summed E-state index contributed by atoms with van der Waals surface area (Å²) in [5, 5.41) is 11.4. The second kappa shape index (κ2) is 7.17. The van der Waals surface area contributed by atoms with Gasteiger partial charge in [-0.1, -0.05) is 6.07 Å². The highest BCUT2D eigenvalue weighted by Crippen LogP contribution is 2.32. The molecule has 1 N–H and O–H groups in total. The van der Waals surface area contributed by atoms with Crippen LogP contribution in [0.1, 0.15) is 16.1 Å². The number of nitrogens with zero attached hydrogens (tertiary/aromatic N) is 4. The van der Waals surface area contributed by atoms with Crippen molar-refractivity contribution in [2.45, 2.75) is 6.54 Å². The Hall–Kier alpha value is -2.87. The number of piperazine rings is 1. The minimum atomic E-state index is -0.0621. The highest BCUT2D eigenvalue weighted by Gasteiger charge is 2.21. The molecular weight excluding hydrogens is 334 g/mol. The van der Waals surface area contributed by atoms with E-state index in [2.05, 4.69) is 27.5 Å². The Bertz CT molecular complexity index is 788. The van der Waals surface area contributed by atoms with Gasteiger partial charge in [0, 0.05) is 32.7 Å². The van der Waals surface area contributed by atoms with Crippen molar-refractivity contribution in [3.63, 3.8) is 0 Å². The van der Waals surface area contributed by atoms with Crippen LogP contribution in [0.2, 0.25) is 0 Å². The molecule has 0 atom stereocenters. The highest BCUT2D eigenvalue weighted by atomic mass is 16.7. The minimum absolute atomic E-state index is 0.0621. The number of carbonyl (C=O) groups excluding carboxylic acids is 1. The second-order valence-electron chi connectivity index (χ2n) is 6.44. The van der Waals surface area contributed by atoms with Gasteiger partial charge in [-0.05, 0) is 36.9 Å². The first-order valence-electron chi connectivity index (χ1n) is 8.63. The molecule has 26 heavy (non-hydrogen) atoms. The fourth-order valence-electron chi connectivity index (χ4n) is 2.96. The van der Waals surface area contributed by atoms with Gasteiger partial charge >= 0.3 is 0 Å². The molecule has 0 spiro atoms. The topological polar surface area (TPSA) is 79.8 Å². The van der Waals surface area contributed by atoms with Crippen molar-refractivity contribution >= 4 is 11.7 Å². The predicted octanol–water partition coefficient (Wildman–Crippen LogP) is 1.20. The molecule has 1 aromatic carbocycles. The Balaban J connectivity index is 1.35. The SMILES string of the molecule is CN1CCN(C(=O)c2ccc(NCc3ccc4c(c3)OCO4)nn2)CC1. The number of amides is 1. The zero-order chi connectivity index (χ0) is 17.9. The fraction of sp³-hybridized carbons (Fsp3) is 0.389. The summed E-state index contributed by atoms with van der Waals surface area (Å²) >= 11 is 0. The Morgan fingerprint density at radius 3 is 2.65 bits per heavy atom. The summed E-state index contributed by atoms with van der Waals surface area (Å²) < 4.78 is 10.7. The molecule has 0 radical (unpaired) electrons. The molecule has 1 saturated heterocycles. The molecule has 3 heterocycles. The number of hydrogen-bond donors (Lipinski definition) is 1. The van der Waals surface area contributed by atoms with Crippen molar-refractivity contribution in [1.82, 2.24) is 20.0 Å². The maximum atomic E-state index is 12.5. The molecule has 0 bridgehead atoms. The van der Waals surface area contributed by atoms with Crippen LogP contribution in [0.15, 0.2) is 30.3 Å². The van der Waals surface area contributed by atoms with E-state index in [0.717, 1.165) is 43.2 Å². The van der Waals surface area contributed by atoms with E-state index < -0.39 is 0 Å². The Morgan fingerprint density at radius 1 is 1.08 bits per heavy atom. The number of likely N-dealkylation sites (N-methyl/N-ethyl adjacent to an activating group) is 1. The van der Waals surface area contributed by atoms with Crippen molar-refractivity contribution in [3.05, 3.63) is 41.6 Å². The van der Waals surface area contributed by atoms with Gasteiger partial charge in [0.15, 0.2) is 17.2 Å². The largest absolute Gasteiger partial charge is 0.454 e. The number of fused-ring (bicyclic) bond motifs is 1. The number of anilines is 1. The van der Waals surface area contributed by atoms with Crippen LogP contribution in [0.5, 0.6) is 11.5 Å². The van der Waals surface area contributed by atoms with Crippen LogP contribution < -0.4 is 14.8 Å². The number of hydrogen-bond acceptors (Lipinski definition) is 7. The van der Waals surface area contributed by atoms with Crippen LogP contribution in [0.3, 0.4) is 0 Å². The van der Waals surface area contributed by atoms with Crippen LogP contribution in [-0.4, -0.2) is 65.9 Å². The number of ether oxygens (including phenoxy) is 2. The molecular formula is C18H21N5O3. The summed E-state index contributed by atoms with van der Waals surface area (Å²) in [5.74, 6) is 2.08. The van der Waals surface area contributed by atoms with Gasteiger partial charge in [0.1, 0.15) is 5.82 Å². The Kier molecular flexibility index (Phi) is 4.57. The first-order valence-corrected chi connectivity index (χ1v) is 8.63. The minimum Gasteiger partial charge on any atom is -0.454 e. The zero-order valence-electron chi connectivity index (χ0n) is 14.6.